The molecule has 0 fully saturated rings. The lowest BCUT2D eigenvalue weighted by molar-refractivity contribution is 0.304. The lowest BCUT2D eigenvalue weighted by atomic mass is 10.2. The largest absolute Gasteiger partial charge is 0.294 e. The molecule has 0 saturated heterocycles. The molecule has 0 saturated carbocycles. The standard InChI is InChI=1S/C7H16IN/c1-4-9(6-8)5-7(2)3/h7H,4-6H2,1-3H3. The van der Waals surface area contributed by atoms with Crippen molar-refractivity contribution in [1.82, 2.24) is 4.90 Å². The van der Waals surface area contributed by atoms with Gasteiger partial charge in [0.1, 0.15) is 0 Å². The average Bonchev–Trinajstić information content (AvgIpc) is 1.82. The lowest BCUT2D eigenvalue weighted by Crippen LogP contribution is -2.25. The van der Waals surface area contributed by atoms with Crippen molar-refractivity contribution in [2.45, 2.75) is 20.8 Å². The van der Waals surface area contributed by atoms with Crippen LogP contribution in [-0.4, -0.2) is 22.5 Å². The fourth-order valence-corrected chi connectivity index (χ4v) is 1.54. The molecule has 0 atom stereocenters. The van der Waals surface area contributed by atoms with E-state index in [2.05, 4.69) is 48.3 Å². The number of hydrogen-bond acceptors (Lipinski definition) is 1. The van der Waals surface area contributed by atoms with E-state index in [9.17, 15) is 0 Å². The molecule has 0 aliphatic carbocycles. The molecular weight excluding hydrogens is 225 g/mol. The van der Waals surface area contributed by atoms with Gasteiger partial charge in [0.15, 0.2) is 0 Å². The first-order valence-corrected chi connectivity index (χ1v) is 5.01. The molecule has 0 radical (unpaired) electrons. The van der Waals surface area contributed by atoms with E-state index in [1.165, 1.54) is 13.1 Å². The molecule has 0 heterocycles. The third kappa shape index (κ3) is 5.15. The maximum atomic E-state index is 2.44. The Balaban J connectivity index is 3.31. The molecule has 9 heavy (non-hydrogen) atoms. The van der Waals surface area contributed by atoms with E-state index < -0.39 is 0 Å². The van der Waals surface area contributed by atoms with Crippen LogP contribution in [0.15, 0.2) is 0 Å². The van der Waals surface area contributed by atoms with Crippen LogP contribution in [-0.2, 0) is 0 Å². The predicted octanol–water partition coefficient (Wildman–Crippen LogP) is 2.36. The zero-order chi connectivity index (χ0) is 7.28. The van der Waals surface area contributed by atoms with Crippen molar-refractivity contribution in [2.24, 2.45) is 5.92 Å². The summed E-state index contributed by atoms with van der Waals surface area (Å²) in [5.41, 5.74) is 0. The topological polar surface area (TPSA) is 3.24 Å². The van der Waals surface area contributed by atoms with Gasteiger partial charge in [0.2, 0.25) is 0 Å². The fraction of sp³-hybridized carbons (Fsp3) is 1.00. The molecule has 0 N–H and O–H groups in total. The van der Waals surface area contributed by atoms with Crippen LogP contribution < -0.4 is 0 Å². The molecule has 0 spiro atoms. The highest BCUT2D eigenvalue weighted by molar-refractivity contribution is 14.1. The van der Waals surface area contributed by atoms with Gasteiger partial charge < -0.3 is 0 Å². The lowest BCUT2D eigenvalue weighted by Gasteiger charge is -2.18. The van der Waals surface area contributed by atoms with E-state index in [0.29, 0.717) is 0 Å². The summed E-state index contributed by atoms with van der Waals surface area (Å²) in [5.74, 6) is 0.805. The summed E-state index contributed by atoms with van der Waals surface area (Å²) in [4.78, 5) is 2.44. The van der Waals surface area contributed by atoms with Gasteiger partial charge in [-0.2, -0.15) is 0 Å². The molecule has 0 bridgehead atoms. The van der Waals surface area contributed by atoms with Crippen molar-refractivity contribution < 1.29 is 0 Å². The Kier molecular flexibility index (Phi) is 5.89. The van der Waals surface area contributed by atoms with Gasteiger partial charge in [-0.15, -0.1) is 0 Å². The van der Waals surface area contributed by atoms with Gasteiger partial charge in [0.05, 0.1) is 4.55 Å². The van der Waals surface area contributed by atoms with E-state index in [0.717, 1.165) is 10.5 Å². The molecule has 0 aliphatic heterocycles. The Labute approximate surface area is 72.0 Å². The highest BCUT2D eigenvalue weighted by atomic mass is 127. The van der Waals surface area contributed by atoms with Gasteiger partial charge in [0, 0.05) is 6.54 Å². The van der Waals surface area contributed by atoms with Crippen LogP contribution in [0.5, 0.6) is 0 Å². The summed E-state index contributed by atoms with van der Waals surface area (Å²) in [6.07, 6.45) is 0. The van der Waals surface area contributed by atoms with Gasteiger partial charge in [-0.1, -0.05) is 43.4 Å². The third-order valence-electron chi connectivity index (χ3n) is 1.24. The van der Waals surface area contributed by atoms with Crippen molar-refractivity contribution in [3.05, 3.63) is 0 Å². The zero-order valence-corrected chi connectivity index (χ0v) is 8.68. The first-order valence-electron chi connectivity index (χ1n) is 3.49. The molecule has 0 aromatic heterocycles. The second-order valence-corrected chi connectivity index (χ2v) is 3.37. The Morgan fingerprint density at radius 3 is 2.11 bits per heavy atom. The summed E-state index contributed by atoms with van der Waals surface area (Å²) in [6.45, 7) is 9.14. The highest BCUT2D eigenvalue weighted by Gasteiger charge is 2.00. The third-order valence-corrected chi connectivity index (χ3v) is 2.20. The van der Waals surface area contributed by atoms with E-state index in [-0.39, 0.29) is 0 Å². The quantitative estimate of drug-likeness (QED) is 0.415. The van der Waals surface area contributed by atoms with Crippen LogP contribution >= 0.6 is 22.6 Å². The summed E-state index contributed by atoms with van der Waals surface area (Å²) in [6, 6.07) is 0. The Hall–Kier alpha value is 0.690. The summed E-state index contributed by atoms with van der Waals surface area (Å²) < 4.78 is 1.16. The van der Waals surface area contributed by atoms with Crippen LogP contribution in [0.4, 0.5) is 0 Å². The number of nitrogens with zero attached hydrogens (tertiary/aromatic N) is 1. The fourth-order valence-electron chi connectivity index (χ4n) is 0.779. The summed E-state index contributed by atoms with van der Waals surface area (Å²) in [7, 11) is 0. The first kappa shape index (κ1) is 9.69. The maximum Gasteiger partial charge on any atom is 0.0505 e. The van der Waals surface area contributed by atoms with Gasteiger partial charge in [-0.3, -0.25) is 4.90 Å². The Morgan fingerprint density at radius 2 is 2.00 bits per heavy atom. The number of rotatable bonds is 4. The predicted molar refractivity (Wildman–Crippen MR) is 51.0 cm³/mol. The van der Waals surface area contributed by atoms with Gasteiger partial charge in [-0.05, 0) is 12.5 Å². The summed E-state index contributed by atoms with van der Waals surface area (Å²) in [5, 5.41) is 0. The van der Waals surface area contributed by atoms with Crippen molar-refractivity contribution in [3.63, 3.8) is 0 Å². The second kappa shape index (κ2) is 5.47. The number of hydrogen-bond donors (Lipinski definition) is 0. The van der Waals surface area contributed by atoms with Crippen LogP contribution in [0.25, 0.3) is 0 Å². The second-order valence-electron chi connectivity index (χ2n) is 2.68. The minimum atomic E-state index is 0.805. The van der Waals surface area contributed by atoms with Crippen LogP contribution in [0.3, 0.4) is 0 Å². The molecule has 56 valence electrons. The molecule has 1 nitrogen and oxygen atoms in total. The van der Waals surface area contributed by atoms with Crippen LogP contribution in [0.1, 0.15) is 20.8 Å². The van der Waals surface area contributed by atoms with Gasteiger partial charge in [-0.25, -0.2) is 0 Å². The monoisotopic (exact) mass is 241 g/mol. The van der Waals surface area contributed by atoms with E-state index in [4.69, 9.17) is 0 Å². The number of halogens is 1. The first-order chi connectivity index (χ1) is 4.20. The Morgan fingerprint density at radius 1 is 1.44 bits per heavy atom. The van der Waals surface area contributed by atoms with E-state index >= 15 is 0 Å². The van der Waals surface area contributed by atoms with E-state index in [1.54, 1.807) is 0 Å². The molecule has 0 aromatic rings. The van der Waals surface area contributed by atoms with Gasteiger partial charge >= 0.3 is 0 Å². The molecule has 0 unspecified atom stereocenters. The molecule has 0 aromatic carbocycles. The Bertz CT molecular complexity index is 59.9. The molecule has 0 rings (SSSR count). The zero-order valence-electron chi connectivity index (χ0n) is 6.52. The van der Waals surface area contributed by atoms with Crippen LogP contribution in [0, 0.1) is 5.92 Å². The van der Waals surface area contributed by atoms with Crippen molar-refractivity contribution >= 4 is 22.6 Å². The minimum absolute atomic E-state index is 0.805. The number of alkyl halides is 1. The SMILES string of the molecule is CCN(CI)CC(C)C. The van der Waals surface area contributed by atoms with Gasteiger partial charge in [0.25, 0.3) is 0 Å². The maximum absolute atomic E-state index is 2.44. The summed E-state index contributed by atoms with van der Waals surface area (Å²) >= 11 is 2.41. The van der Waals surface area contributed by atoms with Crippen LogP contribution in [0.2, 0.25) is 0 Å². The van der Waals surface area contributed by atoms with Crippen molar-refractivity contribution in [1.29, 1.82) is 0 Å². The van der Waals surface area contributed by atoms with E-state index in [1.807, 2.05) is 0 Å². The molecular formula is C7H16IN. The molecule has 2 heteroatoms. The van der Waals surface area contributed by atoms with Crippen molar-refractivity contribution in [2.75, 3.05) is 17.6 Å². The van der Waals surface area contributed by atoms with Crippen molar-refractivity contribution in [3.8, 4) is 0 Å². The smallest absolute Gasteiger partial charge is 0.0505 e. The molecule has 0 amide bonds. The minimum Gasteiger partial charge on any atom is -0.294 e. The highest BCUT2D eigenvalue weighted by Crippen LogP contribution is 1.99. The average molecular weight is 241 g/mol. The molecule has 0 aliphatic rings. The normalized spacial score (nSPS) is 11.3.